The van der Waals surface area contributed by atoms with E-state index in [0.717, 1.165) is 5.56 Å². The molecule has 0 aliphatic heterocycles. The van der Waals surface area contributed by atoms with Crippen molar-refractivity contribution < 1.29 is 19.1 Å². The Kier molecular flexibility index (Phi) is 6.39. The second-order valence-electron chi connectivity index (χ2n) is 5.41. The third-order valence-electron chi connectivity index (χ3n) is 3.62. The summed E-state index contributed by atoms with van der Waals surface area (Å²) < 4.78 is 10.8. The first-order valence-corrected chi connectivity index (χ1v) is 8.03. The van der Waals surface area contributed by atoms with Crippen molar-refractivity contribution in [1.82, 2.24) is 0 Å². The summed E-state index contributed by atoms with van der Waals surface area (Å²) in [5.74, 6) is 0.733. The van der Waals surface area contributed by atoms with Crippen molar-refractivity contribution in [3.8, 4) is 11.5 Å². The number of aryl methyl sites for hydroxylation is 1. The molecule has 0 spiro atoms. The van der Waals surface area contributed by atoms with Crippen LogP contribution in [0.15, 0.2) is 42.5 Å². The van der Waals surface area contributed by atoms with Crippen LogP contribution in [-0.4, -0.2) is 25.5 Å². The number of rotatable bonds is 8. The summed E-state index contributed by atoms with van der Waals surface area (Å²) in [5.41, 5.74) is 7.20. The van der Waals surface area contributed by atoms with E-state index in [9.17, 15) is 9.59 Å². The third-order valence-corrected chi connectivity index (χ3v) is 3.62. The average Bonchev–Trinajstić information content (AvgIpc) is 2.61. The molecule has 25 heavy (non-hydrogen) atoms. The molecule has 0 aliphatic carbocycles. The van der Waals surface area contributed by atoms with Crippen molar-refractivity contribution in [3.05, 3.63) is 53.6 Å². The van der Waals surface area contributed by atoms with Crippen LogP contribution in [0.4, 0.5) is 5.69 Å². The fraction of sp³-hybridized carbons (Fsp3) is 0.263. The Morgan fingerprint density at radius 2 is 1.80 bits per heavy atom. The van der Waals surface area contributed by atoms with Gasteiger partial charge < -0.3 is 20.5 Å². The van der Waals surface area contributed by atoms with E-state index in [1.165, 1.54) is 0 Å². The quantitative estimate of drug-likeness (QED) is 0.772. The first kappa shape index (κ1) is 18.3. The van der Waals surface area contributed by atoms with Crippen LogP contribution in [-0.2, 0) is 11.2 Å². The van der Waals surface area contributed by atoms with Crippen LogP contribution >= 0.6 is 0 Å². The maximum Gasteiger partial charge on any atom is 0.248 e. The molecule has 0 saturated heterocycles. The van der Waals surface area contributed by atoms with Crippen molar-refractivity contribution in [2.75, 3.05) is 19.0 Å². The van der Waals surface area contributed by atoms with Gasteiger partial charge in [0.1, 0.15) is 0 Å². The van der Waals surface area contributed by atoms with Gasteiger partial charge in [0, 0.05) is 17.7 Å². The molecule has 0 aromatic heterocycles. The zero-order valence-corrected chi connectivity index (χ0v) is 14.4. The third kappa shape index (κ3) is 5.24. The van der Waals surface area contributed by atoms with Gasteiger partial charge in [-0.2, -0.15) is 0 Å². The van der Waals surface area contributed by atoms with E-state index in [1.54, 1.807) is 31.4 Å². The second kappa shape index (κ2) is 8.73. The molecule has 3 N–H and O–H groups in total. The topological polar surface area (TPSA) is 90.6 Å². The summed E-state index contributed by atoms with van der Waals surface area (Å²) in [6.45, 7) is 2.47. The number of hydrogen-bond donors (Lipinski definition) is 2. The van der Waals surface area contributed by atoms with Crippen LogP contribution in [0.5, 0.6) is 11.5 Å². The van der Waals surface area contributed by atoms with E-state index in [0.29, 0.717) is 42.2 Å². The Balaban J connectivity index is 1.92. The number of benzene rings is 2. The molecule has 0 bridgehead atoms. The standard InChI is InChI=1S/C19H22N2O4/c1-3-25-16-10-4-13(12-17(16)24-2)5-11-18(22)21-15-8-6-14(7-9-15)19(20)23/h4,6-10,12H,3,5,11H2,1-2H3,(H2,20,23)(H,21,22). The molecule has 0 radical (unpaired) electrons. The Morgan fingerprint density at radius 1 is 1.08 bits per heavy atom. The highest BCUT2D eigenvalue weighted by Gasteiger charge is 2.08. The summed E-state index contributed by atoms with van der Waals surface area (Å²) in [6, 6.07) is 12.1. The Hall–Kier alpha value is -3.02. The predicted octanol–water partition coefficient (Wildman–Crippen LogP) is 2.76. The summed E-state index contributed by atoms with van der Waals surface area (Å²) in [4.78, 5) is 23.1. The molecule has 2 amide bonds. The van der Waals surface area contributed by atoms with E-state index < -0.39 is 5.91 Å². The van der Waals surface area contributed by atoms with Gasteiger partial charge in [-0.25, -0.2) is 0 Å². The highest BCUT2D eigenvalue weighted by molar-refractivity contribution is 5.94. The number of hydrogen-bond acceptors (Lipinski definition) is 4. The maximum absolute atomic E-state index is 12.1. The van der Waals surface area contributed by atoms with Crippen LogP contribution in [0.2, 0.25) is 0 Å². The molecular weight excluding hydrogens is 320 g/mol. The molecule has 0 aliphatic rings. The normalized spacial score (nSPS) is 10.2. The van der Waals surface area contributed by atoms with E-state index in [4.69, 9.17) is 15.2 Å². The monoisotopic (exact) mass is 342 g/mol. The van der Waals surface area contributed by atoms with Crippen LogP contribution < -0.4 is 20.5 Å². The Labute approximate surface area is 146 Å². The van der Waals surface area contributed by atoms with Crippen LogP contribution in [0.3, 0.4) is 0 Å². The van der Waals surface area contributed by atoms with Crippen LogP contribution in [0.25, 0.3) is 0 Å². The number of nitrogens with one attached hydrogen (secondary N) is 1. The molecule has 6 nitrogen and oxygen atoms in total. The van der Waals surface area contributed by atoms with Gasteiger partial charge in [-0.15, -0.1) is 0 Å². The van der Waals surface area contributed by atoms with Gasteiger partial charge in [-0.05, 0) is 55.3 Å². The van der Waals surface area contributed by atoms with Gasteiger partial charge in [0.2, 0.25) is 11.8 Å². The summed E-state index contributed by atoms with van der Waals surface area (Å²) >= 11 is 0. The molecule has 0 saturated carbocycles. The number of carbonyl (C=O) groups excluding carboxylic acids is 2. The molecule has 2 aromatic rings. The smallest absolute Gasteiger partial charge is 0.248 e. The molecule has 6 heteroatoms. The van der Waals surface area contributed by atoms with Crippen molar-refractivity contribution in [1.29, 1.82) is 0 Å². The minimum atomic E-state index is -0.498. The molecule has 0 unspecified atom stereocenters. The fourth-order valence-electron chi connectivity index (χ4n) is 2.34. The van der Waals surface area contributed by atoms with Gasteiger partial charge in [-0.1, -0.05) is 6.07 Å². The second-order valence-corrected chi connectivity index (χ2v) is 5.41. The lowest BCUT2D eigenvalue weighted by Gasteiger charge is -2.11. The van der Waals surface area contributed by atoms with Gasteiger partial charge in [0.05, 0.1) is 13.7 Å². The van der Waals surface area contributed by atoms with Gasteiger partial charge in [0.25, 0.3) is 0 Å². The van der Waals surface area contributed by atoms with Gasteiger partial charge in [0.15, 0.2) is 11.5 Å². The molecular formula is C19H22N2O4. The molecule has 0 heterocycles. The van der Waals surface area contributed by atoms with Crippen molar-refractivity contribution in [3.63, 3.8) is 0 Å². The van der Waals surface area contributed by atoms with E-state index in [1.807, 2.05) is 25.1 Å². The lowest BCUT2D eigenvalue weighted by molar-refractivity contribution is -0.116. The number of primary amides is 1. The average molecular weight is 342 g/mol. The van der Waals surface area contributed by atoms with E-state index >= 15 is 0 Å². The molecule has 0 atom stereocenters. The largest absolute Gasteiger partial charge is 0.493 e. The minimum absolute atomic E-state index is 0.111. The summed E-state index contributed by atoms with van der Waals surface area (Å²) in [5, 5.41) is 2.79. The van der Waals surface area contributed by atoms with Gasteiger partial charge in [-0.3, -0.25) is 9.59 Å². The lowest BCUT2D eigenvalue weighted by atomic mass is 10.1. The van der Waals surface area contributed by atoms with Crippen LogP contribution in [0.1, 0.15) is 29.3 Å². The zero-order valence-electron chi connectivity index (χ0n) is 14.4. The molecule has 2 aromatic carbocycles. The summed E-state index contributed by atoms with van der Waals surface area (Å²) in [7, 11) is 1.59. The Bertz CT molecular complexity index is 742. The zero-order chi connectivity index (χ0) is 18.2. The number of methoxy groups -OCH3 is 1. The SMILES string of the molecule is CCOc1ccc(CCC(=O)Nc2ccc(C(N)=O)cc2)cc1OC. The summed E-state index contributed by atoms with van der Waals surface area (Å²) in [6.07, 6.45) is 0.905. The molecule has 132 valence electrons. The number of ether oxygens (including phenoxy) is 2. The number of anilines is 1. The van der Waals surface area contributed by atoms with E-state index in [2.05, 4.69) is 5.32 Å². The van der Waals surface area contributed by atoms with Gasteiger partial charge >= 0.3 is 0 Å². The van der Waals surface area contributed by atoms with Crippen LogP contribution in [0, 0.1) is 0 Å². The highest BCUT2D eigenvalue weighted by Crippen LogP contribution is 2.28. The maximum atomic E-state index is 12.1. The fourth-order valence-corrected chi connectivity index (χ4v) is 2.34. The first-order valence-electron chi connectivity index (χ1n) is 8.03. The van der Waals surface area contributed by atoms with Crippen molar-refractivity contribution >= 4 is 17.5 Å². The number of amides is 2. The molecule has 2 rings (SSSR count). The van der Waals surface area contributed by atoms with E-state index in [-0.39, 0.29) is 5.91 Å². The minimum Gasteiger partial charge on any atom is -0.493 e. The highest BCUT2D eigenvalue weighted by atomic mass is 16.5. The number of carbonyl (C=O) groups is 2. The molecule has 0 fully saturated rings. The lowest BCUT2D eigenvalue weighted by Crippen LogP contribution is -2.13. The number of nitrogens with two attached hydrogens (primary N) is 1. The Morgan fingerprint density at radius 3 is 2.40 bits per heavy atom. The predicted molar refractivity (Wildman–Crippen MR) is 96.1 cm³/mol. The van der Waals surface area contributed by atoms with Crippen molar-refractivity contribution in [2.45, 2.75) is 19.8 Å². The first-order chi connectivity index (χ1) is 12.0. The van der Waals surface area contributed by atoms with Crippen molar-refractivity contribution in [2.24, 2.45) is 5.73 Å².